The summed E-state index contributed by atoms with van der Waals surface area (Å²) in [7, 11) is 0. The molecule has 0 saturated carbocycles. The van der Waals surface area contributed by atoms with Crippen molar-refractivity contribution in [3.05, 3.63) is 70.8 Å². The van der Waals surface area contributed by atoms with Crippen LogP contribution >= 0.6 is 0 Å². The van der Waals surface area contributed by atoms with Crippen molar-refractivity contribution >= 4 is 0 Å². The molecule has 0 radical (unpaired) electrons. The maximum absolute atomic E-state index is 6.07. The third-order valence-electron chi connectivity index (χ3n) is 4.77. The lowest BCUT2D eigenvalue weighted by Crippen LogP contribution is -2.25. The Kier molecular flexibility index (Phi) is 6.06. The fourth-order valence-corrected chi connectivity index (χ4v) is 3.15. The first-order chi connectivity index (χ1) is 11.8. The molecule has 24 heavy (non-hydrogen) atoms. The average molecular weight is 324 g/mol. The van der Waals surface area contributed by atoms with Crippen LogP contribution in [0.3, 0.4) is 0 Å². The van der Waals surface area contributed by atoms with Crippen molar-refractivity contribution in [2.45, 2.75) is 51.7 Å². The molecule has 0 aromatic heterocycles. The standard InChI is InChI=1S/C22H28O2/c1-3-4-5-6-18-9-13-20(14-10-18)22-16-23-21(15-24-22)19-11-7-17(2)8-12-19/h7-14,21-22H,3-6,15-16H2,1-2H3/t21-,22+/m0/s1. The van der Waals surface area contributed by atoms with E-state index in [-0.39, 0.29) is 12.2 Å². The second kappa shape index (κ2) is 8.46. The van der Waals surface area contributed by atoms with Gasteiger partial charge in [0.05, 0.1) is 13.2 Å². The van der Waals surface area contributed by atoms with E-state index in [0.29, 0.717) is 13.2 Å². The van der Waals surface area contributed by atoms with Gasteiger partial charge >= 0.3 is 0 Å². The molecule has 1 aliphatic rings. The Morgan fingerprint density at radius 1 is 0.792 bits per heavy atom. The Hall–Kier alpha value is -1.64. The topological polar surface area (TPSA) is 18.5 Å². The molecule has 1 heterocycles. The molecule has 2 atom stereocenters. The van der Waals surface area contributed by atoms with E-state index in [1.165, 1.54) is 47.9 Å². The van der Waals surface area contributed by atoms with Gasteiger partial charge in [-0.15, -0.1) is 0 Å². The zero-order chi connectivity index (χ0) is 16.8. The first-order valence-corrected chi connectivity index (χ1v) is 9.15. The van der Waals surface area contributed by atoms with Crippen molar-refractivity contribution in [3.8, 4) is 0 Å². The number of hydrogen-bond donors (Lipinski definition) is 0. The average Bonchev–Trinajstić information content (AvgIpc) is 2.63. The zero-order valence-corrected chi connectivity index (χ0v) is 14.8. The van der Waals surface area contributed by atoms with Gasteiger partial charge in [-0.3, -0.25) is 0 Å². The molecule has 0 N–H and O–H groups in total. The normalized spacial score (nSPS) is 20.9. The molecule has 0 unspecified atom stereocenters. The summed E-state index contributed by atoms with van der Waals surface area (Å²) in [4.78, 5) is 0. The van der Waals surface area contributed by atoms with Gasteiger partial charge < -0.3 is 9.47 Å². The molecule has 0 bridgehead atoms. The fraction of sp³-hybridized carbons (Fsp3) is 0.455. The molecular formula is C22H28O2. The Morgan fingerprint density at radius 2 is 1.33 bits per heavy atom. The van der Waals surface area contributed by atoms with Crippen molar-refractivity contribution in [2.75, 3.05) is 13.2 Å². The molecule has 2 heteroatoms. The lowest BCUT2D eigenvalue weighted by Gasteiger charge is -2.30. The maximum atomic E-state index is 6.07. The van der Waals surface area contributed by atoms with Crippen LogP contribution in [0.25, 0.3) is 0 Å². The second-order valence-electron chi connectivity index (χ2n) is 6.75. The van der Waals surface area contributed by atoms with Gasteiger partial charge in [0, 0.05) is 0 Å². The number of benzene rings is 2. The predicted molar refractivity (Wildman–Crippen MR) is 98.2 cm³/mol. The van der Waals surface area contributed by atoms with Crippen molar-refractivity contribution in [1.29, 1.82) is 0 Å². The Morgan fingerprint density at radius 3 is 1.83 bits per heavy atom. The van der Waals surface area contributed by atoms with Gasteiger partial charge in [0.25, 0.3) is 0 Å². The quantitative estimate of drug-likeness (QED) is 0.648. The molecule has 2 nitrogen and oxygen atoms in total. The molecule has 128 valence electrons. The van der Waals surface area contributed by atoms with Crippen LogP contribution in [0.1, 0.15) is 60.6 Å². The van der Waals surface area contributed by atoms with Gasteiger partial charge in [-0.1, -0.05) is 73.9 Å². The van der Waals surface area contributed by atoms with E-state index in [4.69, 9.17) is 9.47 Å². The van der Waals surface area contributed by atoms with Crippen LogP contribution in [0.15, 0.2) is 48.5 Å². The van der Waals surface area contributed by atoms with Crippen LogP contribution in [-0.4, -0.2) is 13.2 Å². The van der Waals surface area contributed by atoms with Crippen LogP contribution in [0.2, 0.25) is 0 Å². The number of rotatable bonds is 6. The van der Waals surface area contributed by atoms with Gasteiger partial charge in [0.2, 0.25) is 0 Å². The van der Waals surface area contributed by atoms with Gasteiger partial charge in [-0.25, -0.2) is 0 Å². The third-order valence-corrected chi connectivity index (χ3v) is 4.77. The summed E-state index contributed by atoms with van der Waals surface area (Å²) >= 11 is 0. The number of ether oxygens (including phenoxy) is 2. The summed E-state index contributed by atoms with van der Waals surface area (Å²) in [5.74, 6) is 0. The van der Waals surface area contributed by atoms with E-state index >= 15 is 0 Å². The summed E-state index contributed by atoms with van der Waals surface area (Å²) in [6.07, 6.45) is 5.13. The van der Waals surface area contributed by atoms with E-state index in [1.54, 1.807) is 0 Å². The molecule has 0 amide bonds. The van der Waals surface area contributed by atoms with Gasteiger partial charge in [0.1, 0.15) is 12.2 Å². The van der Waals surface area contributed by atoms with E-state index < -0.39 is 0 Å². The predicted octanol–water partition coefficient (Wildman–Crippen LogP) is 5.56. The Balaban J connectivity index is 1.53. The lowest BCUT2D eigenvalue weighted by atomic mass is 10.0. The number of unbranched alkanes of at least 4 members (excludes halogenated alkanes) is 2. The molecule has 0 spiro atoms. The summed E-state index contributed by atoms with van der Waals surface area (Å²) in [6.45, 7) is 5.58. The zero-order valence-electron chi connectivity index (χ0n) is 14.8. The van der Waals surface area contributed by atoms with E-state index in [9.17, 15) is 0 Å². The fourth-order valence-electron chi connectivity index (χ4n) is 3.15. The minimum Gasteiger partial charge on any atom is -0.368 e. The van der Waals surface area contributed by atoms with E-state index in [0.717, 1.165) is 0 Å². The minimum atomic E-state index is 0.0511. The summed E-state index contributed by atoms with van der Waals surface area (Å²) < 4.78 is 12.1. The highest BCUT2D eigenvalue weighted by molar-refractivity contribution is 5.26. The highest BCUT2D eigenvalue weighted by Gasteiger charge is 2.24. The van der Waals surface area contributed by atoms with Crippen LogP contribution in [0.5, 0.6) is 0 Å². The molecule has 3 rings (SSSR count). The van der Waals surface area contributed by atoms with Crippen molar-refractivity contribution < 1.29 is 9.47 Å². The largest absolute Gasteiger partial charge is 0.368 e. The van der Waals surface area contributed by atoms with Gasteiger partial charge in [-0.2, -0.15) is 0 Å². The number of hydrogen-bond acceptors (Lipinski definition) is 2. The molecule has 1 fully saturated rings. The van der Waals surface area contributed by atoms with E-state index in [2.05, 4.69) is 62.4 Å². The summed E-state index contributed by atoms with van der Waals surface area (Å²) in [5, 5.41) is 0. The Bertz CT molecular complexity index is 607. The van der Waals surface area contributed by atoms with E-state index in [1.807, 2.05) is 0 Å². The van der Waals surface area contributed by atoms with Crippen LogP contribution in [-0.2, 0) is 15.9 Å². The molecule has 2 aromatic carbocycles. The monoisotopic (exact) mass is 324 g/mol. The van der Waals surface area contributed by atoms with Crippen LogP contribution < -0.4 is 0 Å². The lowest BCUT2D eigenvalue weighted by molar-refractivity contribution is -0.137. The number of aryl methyl sites for hydroxylation is 2. The summed E-state index contributed by atoms with van der Waals surface area (Å²) in [5.41, 5.74) is 5.11. The van der Waals surface area contributed by atoms with Gasteiger partial charge in [0.15, 0.2) is 0 Å². The highest BCUT2D eigenvalue weighted by atomic mass is 16.6. The third kappa shape index (κ3) is 4.46. The molecule has 1 aliphatic heterocycles. The van der Waals surface area contributed by atoms with Crippen molar-refractivity contribution in [1.82, 2.24) is 0 Å². The molecular weight excluding hydrogens is 296 g/mol. The first-order valence-electron chi connectivity index (χ1n) is 9.15. The Labute approximate surface area is 145 Å². The maximum Gasteiger partial charge on any atom is 0.106 e. The second-order valence-corrected chi connectivity index (χ2v) is 6.75. The molecule has 0 aliphatic carbocycles. The van der Waals surface area contributed by atoms with Crippen molar-refractivity contribution in [2.24, 2.45) is 0 Å². The molecule has 2 aromatic rings. The SMILES string of the molecule is CCCCCc1ccc([C@H]2CO[C@H](c3ccc(C)cc3)CO2)cc1. The van der Waals surface area contributed by atoms with Gasteiger partial charge in [-0.05, 0) is 36.5 Å². The summed E-state index contributed by atoms with van der Waals surface area (Å²) in [6, 6.07) is 17.4. The van der Waals surface area contributed by atoms with Crippen LogP contribution in [0.4, 0.5) is 0 Å². The molecule has 1 saturated heterocycles. The first kappa shape index (κ1) is 17.2. The smallest absolute Gasteiger partial charge is 0.106 e. The van der Waals surface area contributed by atoms with Crippen molar-refractivity contribution in [3.63, 3.8) is 0 Å². The minimum absolute atomic E-state index is 0.0511. The van der Waals surface area contributed by atoms with Crippen LogP contribution in [0, 0.1) is 6.92 Å². The highest BCUT2D eigenvalue weighted by Crippen LogP contribution is 2.30.